The summed E-state index contributed by atoms with van der Waals surface area (Å²) in [5.74, 6) is 0.908. The average molecular weight is 327 g/mol. The second-order valence-corrected chi connectivity index (χ2v) is 6.73. The van der Waals surface area contributed by atoms with Gasteiger partial charge >= 0.3 is 0 Å². The quantitative estimate of drug-likeness (QED) is 0.738. The summed E-state index contributed by atoms with van der Waals surface area (Å²) in [5.41, 5.74) is 2.98. The van der Waals surface area contributed by atoms with Crippen LogP contribution in [0, 0.1) is 0 Å². The molecule has 0 atom stereocenters. The normalized spacial score (nSPS) is 14.0. The highest BCUT2D eigenvalue weighted by Gasteiger charge is 2.22. The molecule has 5 heteroatoms. The highest BCUT2D eigenvalue weighted by atomic mass is 32.1. The first-order chi connectivity index (χ1) is 11.2. The minimum atomic E-state index is 0.153. The predicted octanol–water partition coefficient (Wildman–Crippen LogP) is 3.63. The minimum absolute atomic E-state index is 0.153. The standard InChI is InChI=1S/C18H17NO3S/c1-21-14-2-3-15-13(11-22-16(15)9-14)8-18(20)19-6-4-17-12(10-19)5-7-23-17/h2-3,5,7,9,11H,4,6,8,10H2,1H3. The van der Waals surface area contributed by atoms with E-state index in [1.165, 1.54) is 10.4 Å². The van der Waals surface area contributed by atoms with Gasteiger partial charge in [0.15, 0.2) is 0 Å². The molecule has 0 radical (unpaired) electrons. The van der Waals surface area contributed by atoms with Gasteiger partial charge in [-0.3, -0.25) is 4.79 Å². The zero-order chi connectivity index (χ0) is 15.8. The van der Waals surface area contributed by atoms with E-state index in [1.807, 2.05) is 23.1 Å². The van der Waals surface area contributed by atoms with Gasteiger partial charge in [0.25, 0.3) is 0 Å². The van der Waals surface area contributed by atoms with Crippen molar-refractivity contribution < 1.29 is 13.9 Å². The third-order valence-corrected chi connectivity index (χ3v) is 5.39. The number of carbonyl (C=O) groups excluding carboxylic acids is 1. The van der Waals surface area contributed by atoms with Crippen LogP contribution in [-0.4, -0.2) is 24.5 Å². The lowest BCUT2D eigenvalue weighted by atomic mass is 10.1. The van der Waals surface area contributed by atoms with Crippen molar-refractivity contribution in [3.05, 3.63) is 51.9 Å². The van der Waals surface area contributed by atoms with Crippen LogP contribution in [-0.2, 0) is 24.2 Å². The predicted molar refractivity (Wildman–Crippen MR) is 89.9 cm³/mol. The summed E-state index contributed by atoms with van der Waals surface area (Å²) in [5, 5.41) is 3.09. The van der Waals surface area contributed by atoms with Crippen LogP contribution in [0.1, 0.15) is 16.0 Å². The van der Waals surface area contributed by atoms with E-state index in [1.54, 1.807) is 24.7 Å². The number of carbonyl (C=O) groups is 1. The maximum atomic E-state index is 12.6. The van der Waals surface area contributed by atoms with Crippen LogP contribution >= 0.6 is 11.3 Å². The number of benzene rings is 1. The van der Waals surface area contributed by atoms with Gasteiger partial charge in [-0.05, 0) is 35.6 Å². The van der Waals surface area contributed by atoms with Crippen LogP contribution < -0.4 is 4.74 Å². The number of rotatable bonds is 3. The van der Waals surface area contributed by atoms with E-state index in [2.05, 4.69) is 11.4 Å². The Bertz CT molecular complexity index is 864. The van der Waals surface area contributed by atoms with Crippen molar-refractivity contribution in [2.24, 2.45) is 0 Å². The van der Waals surface area contributed by atoms with Gasteiger partial charge in [0.2, 0.25) is 5.91 Å². The molecule has 3 aromatic rings. The molecule has 0 fully saturated rings. The maximum Gasteiger partial charge on any atom is 0.227 e. The molecular formula is C18H17NO3S. The number of furan rings is 1. The number of nitrogens with zero attached hydrogens (tertiary/aromatic N) is 1. The van der Waals surface area contributed by atoms with Crippen molar-refractivity contribution in [2.45, 2.75) is 19.4 Å². The molecule has 1 amide bonds. The van der Waals surface area contributed by atoms with E-state index >= 15 is 0 Å². The topological polar surface area (TPSA) is 42.7 Å². The molecule has 4 nitrogen and oxygen atoms in total. The SMILES string of the molecule is COc1ccc2c(CC(=O)N3CCc4sccc4C3)coc2c1. The van der Waals surface area contributed by atoms with Gasteiger partial charge in [-0.25, -0.2) is 0 Å². The molecule has 1 aromatic carbocycles. The Hall–Kier alpha value is -2.27. The van der Waals surface area contributed by atoms with Crippen molar-refractivity contribution in [2.75, 3.05) is 13.7 Å². The van der Waals surface area contributed by atoms with E-state index in [0.717, 1.165) is 41.8 Å². The number of hydrogen-bond acceptors (Lipinski definition) is 4. The Labute approximate surface area is 138 Å². The monoisotopic (exact) mass is 327 g/mol. The Balaban J connectivity index is 1.53. The van der Waals surface area contributed by atoms with Gasteiger partial charge in [0.1, 0.15) is 11.3 Å². The second-order valence-electron chi connectivity index (χ2n) is 5.73. The van der Waals surface area contributed by atoms with Crippen molar-refractivity contribution in [1.29, 1.82) is 0 Å². The number of ether oxygens (including phenoxy) is 1. The van der Waals surface area contributed by atoms with Crippen LogP contribution in [0.2, 0.25) is 0 Å². The van der Waals surface area contributed by atoms with Crippen molar-refractivity contribution in [1.82, 2.24) is 4.90 Å². The number of thiophene rings is 1. The number of amides is 1. The molecule has 0 spiro atoms. The van der Waals surface area contributed by atoms with E-state index < -0.39 is 0 Å². The zero-order valence-electron chi connectivity index (χ0n) is 12.9. The van der Waals surface area contributed by atoms with Crippen LogP contribution in [0.4, 0.5) is 0 Å². The summed E-state index contributed by atoms with van der Waals surface area (Å²) in [6.07, 6.45) is 3.02. The summed E-state index contributed by atoms with van der Waals surface area (Å²) in [6, 6.07) is 7.82. The summed E-state index contributed by atoms with van der Waals surface area (Å²) < 4.78 is 10.8. The van der Waals surface area contributed by atoms with Gasteiger partial charge in [-0.1, -0.05) is 0 Å². The Morgan fingerprint density at radius 3 is 3.17 bits per heavy atom. The first-order valence-electron chi connectivity index (χ1n) is 7.62. The number of methoxy groups -OCH3 is 1. The lowest BCUT2D eigenvalue weighted by Crippen LogP contribution is -2.36. The third kappa shape index (κ3) is 2.61. The lowest BCUT2D eigenvalue weighted by molar-refractivity contribution is -0.131. The maximum absolute atomic E-state index is 12.6. The fourth-order valence-electron chi connectivity index (χ4n) is 3.06. The summed E-state index contributed by atoms with van der Waals surface area (Å²) in [7, 11) is 1.63. The second kappa shape index (κ2) is 5.74. The molecular weight excluding hydrogens is 310 g/mol. The molecule has 0 aliphatic carbocycles. The smallest absolute Gasteiger partial charge is 0.227 e. The largest absolute Gasteiger partial charge is 0.497 e. The van der Waals surface area contributed by atoms with Crippen LogP contribution in [0.5, 0.6) is 5.75 Å². The van der Waals surface area contributed by atoms with E-state index in [4.69, 9.17) is 9.15 Å². The van der Waals surface area contributed by atoms with Gasteiger partial charge in [-0.15, -0.1) is 11.3 Å². The molecule has 23 heavy (non-hydrogen) atoms. The van der Waals surface area contributed by atoms with Crippen molar-refractivity contribution in [3.8, 4) is 5.75 Å². The highest BCUT2D eigenvalue weighted by molar-refractivity contribution is 7.10. The fourth-order valence-corrected chi connectivity index (χ4v) is 3.95. The van der Waals surface area contributed by atoms with Crippen LogP contribution in [0.15, 0.2) is 40.3 Å². The van der Waals surface area contributed by atoms with Crippen LogP contribution in [0.25, 0.3) is 11.0 Å². The fraction of sp³-hybridized carbons (Fsp3) is 0.278. The van der Waals surface area contributed by atoms with E-state index in [0.29, 0.717) is 6.42 Å². The summed E-state index contributed by atoms with van der Waals surface area (Å²) in [6.45, 7) is 1.53. The summed E-state index contributed by atoms with van der Waals surface area (Å²) in [4.78, 5) is 16.0. The van der Waals surface area contributed by atoms with Gasteiger partial charge in [0.05, 0.1) is 19.8 Å². The Morgan fingerprint density at radius 2 is 2.30 bits per heavy atom. The van der Waals surface area contributed by atoms with Gasteiger partial charge in [0, 0.05) is 35.0 Å². The van der Waals surface area contributed by atoms with Crippen LogP contribution in [0.3, 0.4) is 0 Å². The molecule has 0 bridgehead atoms. The molecule has 2 aromatic heterocycles. The molecule has 3 heterocycles. The van der Waals surface area contributed by atoms with Crippen molar-refractivity contribution in [3.63, 3.8) is 0 Å². The summed E-state index contributed by atoms with van der Waals surface area (Å²) >= 11 is 1.78. The molecule has 118 valence electrons. The first kappa shape index (κ1) is 14.3. The lowest BCUT2D eigenvalue weighted by Gasteiger charge is -2.27. The number of fused-ring (bicyclic) bond motifs is 2. The molecule has 0 N–H and O–H groups in total. The van der Waals surface area contributed by atoms with Crippen molar-refractivity contribution >= 4 is 28.2 Å². The molecule has 1 aliphatic rings. The first-order valence-corrected chi connectivity index (χ1v) is 8.49. The third-order valence-electron chi connectivity index (χ3n) is 4.36. The molecule has 0 unspecified atom stereocenters. The van der Waals surface area contributed by atoms with E-state index in [-0.39, 0.29) is 5.91 Å². The number of hydrogen-bond donors (Lipinski definition) is 0. The molecule has 0 saturated carbocycles. The highest BCUT2D eigenvalue weighted by Crippen LogP contribution is 2.28. The Kier molecular flexibility index (Phi) is 3.58. The van der Waals surface area contributed by atoms with E-state index in [9.17, 15) is 4.79 Å². The minimum Gasteiger partial charge on any atom is -0.497 e. The average Bonchev–Trinajstić information content (AvgIpc) is 3.20. The molecule has 4 rings (SSSR count). The Morgan fingerprint density at radius 1 is 1.39 bits per heavy atom. The van der Waals surface area contributed by atoms with Gasteiger partial charge < -0.3 is 14.1 Å². The molecule has 0 saturated heterocycles. The zero-order valence-corrected chi connectivity index (χ0v) is 13.7. The molecule has 1 aliphatic heterocycles. The van der Waals surface area contributed by atoms with Gasteiger partial charge in [-0.2, -0.15) is 0 Å².